The first kappa shape index (κ1) is 78.6. The van der Waals surface area contributed by atoms with Crippen molar-refractivity contribution in [2.75, 3.05) is 13.2 Å². The second-order valence-corrected chi connectivity index (χ2v) is 23.6. The highest BCUT2D eigenvalue weighted by molar-refractivity contribution is 5.76. The number of aliphatic hydroxyl groups is 5. The molecule has 482 valence electrons. The molecule has 0 spiro atoms. The molecule has 0 aromatic heterocycles. The van der Waals surface area contributed by atoms with Crippen molar-refractivity contribution >= 4 is 5.91 Å². The number of aliphatic hydroxyl groups excluding tert-OH is 5. The Morgan fingerprint density at radius 2 is 0.750 bits per heavy atom. The Morgan fingerprint density at radius 1 is 0.417 bits per heavy atom. The number of hydrogen-bond donors (Lipinski definition) is 6. The van der Waals surface area contributed by atoms with E-state index in [0.29, 0.717) is 6.42 Å². The van der Waals surface area contributed by atoms with E-state index in [2.05, 4.69) is 129 Å². The molecule has 1 fully saturated rings. The zero-order valence-corrected chi connectivity index (χ0v) is 53.9. The van der Waals surface area contributed by atoms with E-state index in [4.69, 9.17) is 9.47 Å². The van der Waals surface area contributed by atoms with Crippen LogP contribution in [0.5, 0.6) is 0 Å². The van der Waals surface area contributed by atoms with Gasteiger partial charge in [-0.05, 0) is 103 Å². The summed E-state index contributed by atoms with van der Waals surface area (Å²) in [6, 6.07) is -0.842. The summed E-state index contributed by atoms with van der Waals surface area (Å²) in [6.07, 6.45) is 87.2. The molecule has 1 aliphatic heterocycles. The minimum absolute atomic E-state index is 0.200. The molecule has 7 unspecified atom stereocenters. The quantitative estimate of drug-likeness (QED) is 0.0261. The summed E-state index contributed by atoms with van der Waals surface area (Å²) in [6.45, 7) is 3.66. The van der Waals surface area contributed by atoms with Crippen LogP contribution < -0.4 is 5.32 Å². The van der Waals surface area contributed by atoms with Gasteiger partial charge in [-0.1, -0.05) is 302 Å². The molecule has 0 radical (unpaired) electrons. The van der Waals surface area contributed by atoms with Crippen LogP contribution in [0.2, 0.25) is 0 Å². The molecule has 84 heavy (non-hydrogen) atoms. The first-order valence-corrected chi connectivity index (χ1v) is 34.8. The first-order valence-electron chi connectivity index (χ1n) is 34.8. The van der Waals surface area contributed by atoms with Gasteiger partial charge >= 0.3 is 0 Å². The van der Waals surface area contributed by atoms with Crippen molar-refractivity contribution in [2.24, 2.45) is 0 Å². The highest BCUT2D eigenvalue weighted by Gasteiger charge is 2.44. The molecular formula is C75H129NO8. The maximum atomic E-state index is 13.1. The maximum Gasteiger partial charge on any atom is 0.220 e. The third-order valence-electron chi connectivity index (χ3n) is 15.7. The molecule has 0 aliphatic carbocycles. The van der Waals surface area contributed by atoms with Gasteiger partial charge in [-0.15, -0.1) is 0 Å². The Morgan fingerprint density at radius 3 is 1.14 bits per heavy atom. The number of amides is 1. The minimum atomic E-state index is -1.58. The van der Waals surface area contributed by atoms with Crippen LogP contribution in [-0.4, -0.2) is 87.5 Å². The molecule has 0 saturated carbocycles. The van der Waals surface area contributed by atoms with E-state index in [1.807, 2.05) is 6.08 Å². The van der Waals surface area contributed by atoms with Crippen LogP contribution in [-0.2, 0) is 14.3 Å². The smallest absolute Gasteiger partial charge is 0.220 e. The Balaban J connectivity index is 2.20. The fourth-order valence-corrected chi connectivity index (χ4v) is 10.3. The van der Waals surface area contributed by atoms with Crippen LogP contribution in [0.1, 0.15) is 290 Å². The van der Waals surface area contributed by atoms with Crippen molar-refractivity contribution in [3.8, 4) is 0 Å². The van der Waals surface area contributed by atoms with Gasteiger partial charge in [0.15, 0.2) is 6.29 Å². The number of carbonyl (C=O) groups is 1. The van der Waals surface area contributed by atoms with Crippen LogP contribution in [0.25, 0.3) is 0 Å². The maximum absolute atomic E-state index is 13.1. The van der Waals surface area contributed by atoms with E-state index < -0.39 is 49.5 Å². The lowest BCUT2D eigenvalue weighted by Gasteiger charge is -2.40. The van der Waals surface area contributed by atoms with Crippen molar-refractivity contribution in [1.29, 1.82) is 0 Å². The fourth-order valence-electron chi connectivity index (χ4n) is 10.3. The SMILES string of the molecule is CC/C=C\C/C=C\C/C=C\C/C=C\C/C=C\C/C=C\C/C=C\CCCCCCCCCCCC(=O)NC(COC1OC(CO)C(O)C(O)C1O)C(O)/C=C/CC/C=C/CC/C=C/CCCCCCCCCCCCCCCCCCCCCC. The average molecular weight is 1170 g/mol. The summed E-state index contributed by atoms with van der Waals surface area (Å²) in [5, 5.41) is 54.7. The lowest BCUT2D eigenvalue weighted by Crippen LogP contribution is -2.60. The predicted molar refractivity (Wildman–Crippen MR) is 359 cm³/mol. The summed E-state index contributed by atoms with van der Waals surface area (Å²) in [5.41, 5.74) is 0. The number of ether oxygens (including phenoxy) is 2. The Kier molecular flexibility index (Phi) is 58.6. The van der Waals surface area contributed by atoms with Crippen molar-refractivity contribution < 1.29 is 39.8 Å². The highest BCUT2D eigenvalue weighted by Crippen LogP contribution is 2.23. The standard InChI is InChI=1S/C75H129NO8/c1-3-5-7-9-11-13-15-17-19-21-23-25-27-29-31-33-35-37-39-41-43-45-47-49-51-53-55-57-59-61-63-65-71(79)76-68(67-83-75-74(82)73(81)72(80)70(66-77)84-75)69(78)64-62-60-58-56-54-52-50-48-46-44-42-40-38-36-34-32-30-28-26-24-22-20-18-16-14-12-10-8-6-4-2/h5,7,11,13,17,19,23,25,29,31,35,37,41,43,46,48,54,56,62,64,68-70,72-75,77-78,80-82H,3-4,6,8-10,12,14-16,18,20-22,24,26-28,30,32-34,36,38-40,42,44-45,47,49-53,55,57-61,63,65-67H2,1-2H3,(H,76,79)/b7-5-,13-11-,19-17-,25-23-,31-29-,37-35-,43-41-,48-46+,56-54+,64-62+. The number of hydrogen-bond acceptors (Lipinski definition) is 8. The molecule has 1 saturated heterocycles. The van der Waals surface area contributed by atoms with Crippen LogP contribution in [0, 0.1) is 0 Å². The third kappa shape index (κ3) is 50.7. The molecule has 1 heterocycles. The average Bonchev–Trinajstić information content (AvgIpc) is 3.70. The van der Waals surface area contributed by atoms with Gasteiger partial charge in [0.25, 0.3) is 0 Å². The van der Waals surface area contributed by atoms with E-state index in [0.717, 1.165) is 103 Å². The van der Waals surface area contributed by atoms with Crippen LogP contribution in [0.4, 0.5) is 0 Å². The third-order valence-corrected chi connectivity index (χ3v) is 15.7. The monoisotopic (exact) mass is 1170 g/mol. The van der Waals surface area contributed by atoms with Crippen molar-refractivity contribution in [3.05, 3.63) is 122 Å². The molecule has 7 atom stereocenters. The van der Waals surface area contributed by atoms with E-state index in [9.17, 15) is 30.3 Å². The van der Waals surface area contributed by atoms with E-state index in [-0.39, 0.29) is 12.5 Å². The van der Waals surface area contributed by atoms with Gasteiger partial charge in [-0.2, -0.15) is 0 Å². The number of allylic oxidation sites excluding steroid dienone is 19. The second kappa shape index (κ2) is 62.6. The highest BCUT2D eigenvalue weighted by atomic mass is 16.7. The predicted octanol–water partition coefficient (Wildman–Crippen LogP) is 19.0. The van der Waals surface area contributed by atoms with Crippen LogP contribution >= 0.6 is 0 Å². The molecule has 6 N–H and O–H groups in total. The summed E-state index contributed by atoms with van der Waals surface area (Å²) in [4.78, 5) is 13.1. The van der Waals surface area contributed by atoms with Crippen LogP contribution in [0.3, 0.4) is 0 Å². The zero-order chi connectivity index (χ0) is 60.7. The second-order valence-electron chi connectivity index (χ2n) is 23.6. The molecular weight excluding hydrogens is 1040 g/mol. The Labute approximate surface area is 516 Å². The molecule has 1 aliphatic rings. The molecule has 0 aromatic rings. The molecule has 1 amide bonds. The molecule has 9 nitrogen and oxygen atoms in total. The van der Waals surface area contributed by atoms with Gasteiger partial charge in [0.1, 0.15) is 24.4 Å². The van der Waals surface area contributed by atoms with E-state index in [1.54, 1.807) is 6.08 Å². The van der Waals surface area contributed by atoms with Gasteiger partial charge in [0, 0.05) is 6.42 Å². The Bertz CT molecular complexity index is 1740. The van der Waals surface area contributed by atoms with E-state index >= 15 is 0 Å². The molecule has 9 heteroatoms. The van der Waals surface area contributed by atoms with Gasteiger partial charge in [-0.25, -0.2) is 0 Å². The molecule has 0 bridgehead atoms. The number of unbranched alkanes of at least 4 members (excludes halogenated alkanes) is 31. The Hall–Kier alpha value is -3.41. The lowest BCUT2D eigenvalue weighted by molar-refractivity contribution is -0.302. The molecule has 0 aromatic carbocycles. The normalized spacial score (nSPS) is 19.0. The van der Waals surface area contributed by atoms with Crippen molar-refractivity contribution in [3.63, 3.8) is 0 Å². The molecule has 1 rings (SSSR count). The van der Waals surface area contributed by atoms with Crippen molar-refractivity contribution in [1.82, 2.24) is 5.32 Å². The van der Waals surface area contributed by atoms with Crippen LogP contribution in [0.15, 0.2) is 122 Å². The van der Waals surface area contributed by atoms with Gasteiger partial charge in [0.2, 0.25) is 5.91 Å². The number of carbonyl (C=O) groups excluding carboxylic acids is 1. The lowest BCUT2D eigenvalue weighted by atomic mass is 9.99. The topological polar surface area (TPSA) is 149 Å². The summed E-state index contributed by atoms with van der Waals surface area (Å²) in [7, 11) is 0. The van der Waals surface area contributed by atoms with Gasteiger partial charge in [-0.3, -0.25) is 4.79 Å². The summed E-state index contributed by atoms with van der Waals surface area (Å²) in [5.74, 6) is -0.200. The summed E-state index contributed by atoms with van der Waals surface area (Å²) >= 11 is 0. The summed E-state index contributed by atoms with van der Waals surface area (Å²) < 4.78 is 11.3. The minimum Gasteiger partial charge on any atom is -0.394 e. The van der Waals surface area contributed by atoms with Crippen molar-refractivity contribution in [2.45, 2.75) is 333 Å². The number of nitrogens with one attached hydrogen (secondary N) is 1. The van der Waals surface area contributed by atoms with E-state index in [1.165, 1.54) is 167 Å². The largest absolute Gasteiger partial charge is 0.394 e. The fraction of sp³-hybridized carbons (Fsp3) is 0.720. The number of rotatable bonds is 59. The van der Waals surface area contributed by atoms with Gasteiger partial charge < -0.3 is 40.3 Å². The first-order chi connectivity index (χ1) is 41.3. The zero-order valence-electron chi connectivity index (χ0n) is 53.9. The van der Waals surface area contributed by atoms with Gasteiger partial charge in [0.05, 0.1) is 25.4 Å².